The molecule has 0 aliphatic rings. The number of aryl methyl sites for hydroxylation is 1. The van der Waals surface area contributed by atoms with E-state index in [1.807, 2.05) is 63.4 Å². The lowest BCUT2D eigenvalue weighted by Gasteiger charge is -2.19. The number of fused-ring (bicyclic) bond motifs is 2. The van der Waals surface area contributed by atoms with E-state index in [0.29, 0.717) is 25.3 Å². The van der Waals surface area contributed by atoms with Crippen LogP contribution in [0.1, 0.15) is 33.5 Å². The molecule has 29 heavy (non-hydrogen) atoms. The van der Waals surface area contributed by atoms with Crippen LogP contribution >= 0.6 is 11.3 Å². The molecule has 5 nitrogen and oxygen atoms in total. The molecule has 0 saturated carbocycles. The lowest BCUT2D eigenvalue weighted by Crippen LogP contribution is -2.21. The highest BCUT2D eigenvalue weighted by atomic mass is 32.1. The Balaban J connectivity index is 1.66. The third kappa shape index (κ3) is 3.99. The summed E-state index contributed by atoms with van der Waals surface area (Å²) in [5.74, 6) is -0.313. The standard InChI is InChI=1S/C23H23N3O2S/c1-4-28-23(27)22-15(2)16-9-5-6-10-17(16)24-19(22)13-26(3)14-21-25-18-11-7-8-12-20(18)29-21/h5-12H,4,13-14H2,1-3H3. The van der Waals surface area contributed by atoms with E-state index in [2.05, 4.69) is 11.0 Å². The molecule has 0 aliphatic carbocycles. The molecule has 0 unspecified atom stereocenters. The zero-order valence-electron chi connectivity index (χ0n) is 16.8. The average Bonchev–Trinajstić information content (AvgIpc) is 3.10. The summed E-state index contributed by atoms with van der Waals surface area (Å²) in [5.41, 5.74) is 4.14. The summed E-state index contributed by atoms with van der Waals surface area (Å²) < 4.78 is 6.51. The lowest BCUT2D eigenvalue weighted by atomic mass is 10.0. The second kappa shape index (κ2) is 8.27. The van der Waals surface area contributed by atoms with Gasteiger partial charge in [-0.3, -0.25) is 9.88 Å². The summed E-state index contributed by atoms with van der Waals surface area (Å²) in [7, 11) is 2.02. The van der Waals surface area contributed by atoms with Crippen LogP contribution in [0, 0.1) is 6.92 Å². The van der Waals surface area contributed by atoms with Gasteiger partial charge in [-0.25, -0.2) is 9.78 Å². The van der Waals surface area contributed by atoms with Crippen LogP contribution < -0.4 is 0 Å². The van der Waals surface area contributed by atoms with Gasteiger partial charge in [0.15, 0.2) is 0 Å². The summed E-state index contributed by atoms with van der Waals surface area (Å²) in [6, 6.07) is 16.1. The highest BCUT2D eigenvalue weighted by Crippen LogP contribution is 2.26. The van der Waals surface area contributed by atoms with Gasteiger partial charge in [-0.05, 0) is 44.7 Å². The number of thiazole rings is 1. The Morgan fingerprint density at radius 2 is 1.76 bits per heavy atom. The minimum Gasteiger partial charge on any atom is -0.462 e. The third-order valence-corrected chi connectivity index (χ3v) is 5.89. The summed E-state index contributed by atoms with van der Waals surface area (Å²) >= 11 is 1.70. The van der Waals surface area contributed by atoms with Crippen molar-refractivity contribution in [3.05, 3.63) is 70.4 Å². The van der Waals surface area contributed by atoms with Crippen molar-refractivity contribution in [1.29, 1.82) is 0 Å². The van der Waals surface area contributed by atoms with Crippen LogP contribution in [0.15, 0.2) is 48.5 Å². The van der Waals surface area contributed by atoms with Gasteiger partial charge >= 0.3 is 5.97 Å². The number of esters is 1. The van der Waals surface area contributed by atoms with Crippen molar-refractivity contribution in [1.82, 2.24) is 14.9 Å². The molecule has 0 fully saturated rings. The molecule has 0 N–H and O–H groups in total. The number of carbonyl (C=O) groups is 1. The maximum absolute atomic E-state index is 12.7. The number of hydrogen-bond acceptors (Lipinski definition) is 6. The molecule has 0 aliphatic heterocycles. The largest absolute Gasteiger partial charge is 0.462 e. The van der Waals surface area contributed by atoms with Crippen molar-refractivity contribution in [2.75, 3.05) is 13.7 Å². The molecule has 2 heterocycles. The highest BCUT2D eigenvalue weighted by Gasteiger charge is 2.21. The van der Waals surface area contributed by atoms with E-state index >= 15 is 0 Å². The number of benzene rings is 2. The Kier molecular flexibility index (Phi) is 5.56. The molecule has 2 aromatic carbocycles. The average molecular weight is 406 g/mol. The predicted molar refractivity (Wildman–Crippen MR) is 117 cm³/mol. The molecule has 0 saturated heterocycles. The SMILES string of the molecule is CCOC(=O)c1c(CN(C)Cc2nc3ccccc3s2)nc2ccccc2c1C. The van der Waals surface area contributed by atoms with E-state index in [0.717, 1.165) is 32.7 Å². The second-order valence-corrected chi connectivity index (χ2v) is 8.16. The van der Waals surface area contributed by atoms with Crippen molar-refractivity contribution in [2.45, 2.75) is 26.9 Å². The van der Waals surface area contributed by atoms with E-state index < -0.39 is 0 Å². The van der Waals surface area contributed by atoms with E-state index in [4.69, 9.17) is 14.7 Å². The van der Waals surface area contributed by atoms with Crippen molar-refractivity contribution < 1.29 is 9.53 Å². The Labute approximate surface area is 174 Å². The maximum atomic E-state index is 12.7. The number of carbonyl (C=O) groups excluding carboxylic acids is 1. The molecular weight excluding hydrogens is 382 g/mol. The summed E-state index contributed by atoms with van der Waals surface area (Å²) in [6.07, 6.45) is 0. The molecule has 0 amide bonds. The van der Waals surface area contributed by atoms with Gasteiger partial charge in [0.2, 0.25) is 0 Å². The fourth-order valence-electron chi connectivity index (χ4n) is 3.56. The van der Waals surface area contributed by atoms with Crippen LogP contribution in [0.3, 0.4) is 0 Å². The second-order valence-electron chi connectivity index (χ2n) is 7.04. The number of ether oxygens (including phenoxy) is 1. The summed E-state index contributed by atoms with van der Waals surface area (Å²) in [5, 5.41) is 2.03. The Bertz CT molecular complexity index is 1150. The van der Waals surface area contributed by atoms with E-state index in [-0.39, 0.29) is 5.97 Å². The van der Waals surface area contributed by atoms with Crippen molar-refractivity contribution >= 4 is 38.4 Å². The van der Waals surface area contributed by atoms with Crippen LogP contribution in [0.4, 0.5) is 0 Å². The van der Waals surface area contributed by atoms with Gasteiger partial charge in [0.25, 0.3) is 0 Å². The maximum Gasteiger partial charge on any atom is 0.340 e. The summed E-state index contributed by atoms with van der Waals surface area (Å²) in [4.78, 5) is 24.3. The monoisotopic (exact) mass is 405 g/mol. The van der Waals surface area contributed by atoms with E-state index in [9.17, 15) is 4.79 Å². The summed E-state index contributed by atoms with van der Waals surface area (Å²) in [6.45, 7) is 5.35. The normalized spacial score (nSPS) is 11.4. The third-order valence-electron chi connectivity index (χ3n) is 4.87. The first kappa shape index (κ1) is 19.5. The fourth-order valence-corrected chi connectivity index (χ4v) is 4.61. The lowest BCUT2D eigenvalue weighted by molar-refractivity contribution is 0.0522. The number of rotatable bonds is 6. The van der Waals surface area contributed by atoms with Crippen molar-refractivity contribution in [3.8, 4) is 0 Å². The molecule has 2 aromatic heterocycles. The first-order valence-corrected chi connectivity index (χ1v) is 10.5. The van der Waals surface area contributed by atoms with Crippen molar-refractivity contribution in [2.24, 2.45) is 0 Å². The Morgan fingerprint density at radius 3 is 2.52 bits per heavy atom. The smallest absolute Gasteiger partial charge is 0.340 e. The number of para-hydroxylation sites is 2. The van der Waals surface area contributed by atoms with Gasteiger partial charge in [-0.15, -0.1) is 11.3 Å². The molecule has 0 spiro atoms. The van der Waals surface area contributed by atoms with Crippen LogP contribution in [-0.4, -0.2) is 34.5 Å². The van der Waals surface area contributed by atoms with Crippen LogP contribution in [0.25, 0.3) is 21.1 Å². The molecule has 4 rings (SSSR count). The number of nitrogens with zero attached hydrogens (tertiary/aromatic N) is 3. The minimum atomic E-state index is -0.313. The molecular formula is C23H23N3O2S. The molecule has 148 valence electrons. The van der Waals surface area contributed by atoms with Crippen LogP contribution in [0.2, 0.25) is 0 Å². The van der Waals surface area contributed by atoms with E-state index in [1.165, 1.54) is 4.70 Å². The molecule has 0 bridgehead atoms. The van der Waals surface area contributed by atoms with Gasteiger partial charge in [-0.1, -0.05) is 30.3 Å². The van der Waals surface area contributed by atoms with Crippen LogP contribution in [0.5, 0.6) is 0 Å². The van der Waals surface area contributed by atoms with Gasteiger partial charge in [0, 0.05) is 11.9 Å². The predicted octanol–water partition coefficient (Wildman–Crippen LogP) is 4.96. The number of pyridine rings is 1. The first-order valence-electron chi connectivity index (χ1n) is 9.65. The topological polar surface area (TPSA) is 55.3 Å². The molecule has 4 aromatic rings. The highest BCUT2D eigenvalue weighted by molar-refractivity contribution is 7.18. The van der Waals surface area contributed by atoms with Gasteiger partial charge in [-0.2, -0.15) is 0 Å². The molecule has 6 heteroatoms. The molecule has 0 radical (unpaired) electrons. The zero-order valence-corrected chi connectivity index (χ0v) is 17.6. The Hall–Kier alpha value is -2.83. The van der Waals surface area contributed by atoms with Crippen molar-refractivity contribution in [3.63, 3.8) is 0 Å². The fraction of sp³-hybridized carbons (Fsp3) is 0.261. The van der Waals surface area contributed by atoms with E-state index in [1.54, 1.807) is 11.3 Å². The number of aromatic nitrogens is 2. The number of hydrogen-bond donors (Lipinski definition) is 0. The minimum absolute atomic E-state index is 0.313. The Morgan fingerprint density at radius 1 is 1.03 bits per heavy atom. The van der Waals surface area contributed by atoms with Gasteiger partial charge in [0.05, 0.1) is 40.1 Å². The molecule has 0 atom stereocenters. The van der Waals surface area contributed by atoms with Gasteiger partial charge in [0.1, 0.15) is 5.01 Å². The van der Waals surface area contributed by atoms with Gasteiger partial charge < -0.3 is 4.74 Å². The zero-order chi connectivity index (χ0) is 20.4. The first-order chi connectivity index (χ1) is 14.1. The van der Waals surface area contributed by atoms with Crippen LogP contribution in [-0.2, 0) is 17.8 Å². The quantitative estimate of drug-likeness (QED) is 0.424.